The first-order valence-corrected chi connectivity index (χ1v) is 9.30. The first kappa shape index (κ1) is 17.7. The minimum absolute atomic E-state index is 0.00428. The van der Waals surface area contributed by atoms with Crippen molar-refractivity contribution in [3.8, 4) is 0 Å². The van der Waals surface area contributed by atoms with Crippen LogP contribution in [-0.4, -0.2) is 71.8 Å². The fourth-order valence-corrected chi connectivity index (χ4v) is 3.89. The molecule has 2 aliphatic heterocycles. The summed E-state index contributed by atoms with van der Waals surface area (Å²) in [4.78, 5) is 40.4. The first-order valence-electron chi connectivity index (χ1n) is 8.14. The van der Waals surface area contributed by atoms with Crippen LogP contribution in [-0.2, 0) is 9.59 Å². The van der Waals surface area contributed by atoms with E-state index in [9.17, 15) is 18.8 Å². The summed E-state index contributed by atoms with van der Waals surface area (Å²) in [6.45, 7) is 3.54. The molecule has 8 heteroatoms. The Kier molecular flexibility index (Phi) is 5.27. The molecule has 25 heavy (non-hydrogen) atoms. The Balaban J connectivity index is 1.57. The van der Waals surface area contributed by atoms with Crippen molar-refractivity contribution in [2.75, 3.05) is 49.3 Å². The lowest BCUT2D eigenvalue weighted by Gasteiger charge is -2.36. The molecule has 1 aromatic rings. The zero-order valence-corrected chi connectivity index (χ0v) is 14.9. The number of Topliss-reactive ketones (excluding diaryl/α,β-unsaturated/α-hetero) is 1. The van der Waals surface area contributed by atoms with Gasteiger partial charge in [-0.05, 0) is 25.1 Å². The van der Waals surface area contributed by atoms with Crippen molar-refractivity contribution in [2.45, 2.75) is 6.92 Å². The highest BCUT2D eigenvalue weighted by molar-refractivity contribution is 8.00. The van der Waals surface area contributed by atoms with Crippen LogP contribution in [0, 0.1) is 5.82 Å². The first-order chi connectivity index (χ1) is 12.0. The smallest absolute Gasteiger partial charge is 0.242 e. The fraction of sp³-hybridized carbons (Fsp3) is 0.471. The van der Waals surface area contributed by atoms with Crippen molar-refractivity contribution in [3.63, 3.8) is 0 Å². The third-order valence-electron chi connectivity index (χ3n) is 4.48. The van der Waals surface area contributed by atoms with E-state index in [1.54, 1.807) is 21.9 Å². The number of anilines is 1. The fourth-order valence-electron chi connectivity index (χ4n) is 2.98. The van der Waals surface area contributed by atoms with E-state index in [1.165, 1.54) is 24.8 Å². The maximum absolute atomic E-state index is 14.2. The zero-order chi connectivity index (χ0) is 18.0. The number of amides is 2. The average Bonchev–Trinajstić information content (AvgIpc) is 2.99. The maximum Gasteiger partial charge on any atom is 0.242 e. The van der Waals surface area contributed by atoms with Gasteiger partial charge in [-0.1, -0.05) is 0 Å². The summed E-state index contributed by atoms with van der Waals surface area (Å²) in [5.41, 5.74) is 0.798. The third-order valence-corrected chi connectivity index (χ3v) is 5.42. The van der Waals surface area contributed by atoms with Crippen molar-refractivity contribution in [2.24, 2.45) is 0 Å². The molecule has 0 radical (unpaired) electrons. The summed E-state index contributed by atoms with van der Waals surface area (Å²) >= 11 is 1.51. The lowest BCUT2D eigenvalue weighted by molar-refractivity contribution is -0.138. The van der Waals surface area contributed by atoms with Crippen LogP contribution >= 0.6 is 11.8 Å². The predicted octanol–water partition coefficient (Wildman–Crippen LogP) is 1.21. The van der Waals surface area contributed by atoms with E-state index < -0.39 is 5.82 Å². The normalized spacial score (nSPS) is 18.0. The zero-order valence-electron chi connectivity index (χ0n) is 14.0. The van der Waals surface area contributed by atoms with Gasteiger partial charge in [-0.25, -0.2) is 4.39 Å². The van der Waals surface area contributed by atoms with Gasteiger partial charge in [-0.15, -0.1) is 11.8 Å². The van der Waals surface area contributed by atoms with Gasteiger partial charge in [0.15, 0.2) is 5.78 Å². The van der Waals surface area contributed by atoms with E-state index in [2.05, 4.69) is 0 Å². The number of carbonyl (C=O) groups is 3. The maximum atomic E-state index is 14.2. The number of halogens is 1. The second-order valence-electron chi connectivity index (χ2n) is 6.16. The Morgan fingerprint density at radius 3 is 2.48 bits per heavy atom. The van der Waals surface area contributed by atoms with Gasteiger partial charge in [-0.3, -0.25) is 14.4 Å². The molecule has 2 fully saturated rings. The third kappa shape index (κ3) is 3.95. The molecule has 1 aromatic carbocycles. The van der Waals surface area contributed by atoms with Gasteiger partial charge in [0.2, 0.25) is 11.8 Å². The Morgan fingerprint density at radius 1 is 1.20 bits per heavy atom. The lowest BCUT2D eigenvalue weighted by Crippen LogP contribution is -2.51. The van der Waals surface area contributed by atoms with Gasteiger partial charge in [0.05, 0.1) is 17.3 Å². The molecule has 2 saturated heterocycles. The summed E-state index contributed by atoms with van der Waals surface area (Å²) in [6.07, 6.45) is 0. The van der Waals surface area contributed by atoms with E-state index in [4.69, 9.17) is 0 Å². The molecule has 0 aliphatic carbocycles. The van der Waals surface area contributed by atoms with Gasteiger partial charge in [-0.2, -0.15) is 0 Å². The van der Waals surface area contributed by atoms with E-state index >= 15 is 0 Å². The van der Waals surface area contributed by atoms with E-state index in [1.807, 2.05) is 4.90 Å². The molecule has 0 aromatic heterocycles. The van der Waals surface area contributed by atoms with E-state index in [-0.39, 0.29) is 24.1 Å². The number of carbonyl (C=O) groups excluding carboxylic acids is 3. The quantitative estimate of drug-likeness (QED) is 0.751. The minimum Gasteiger partial charge on any atom is -0.366 e. The monoisotopic (exact) mass is 365 g/mol. The molecule has 0 bridgehead atoms. The highest BCUT2D eigenvalue weighted by atomic mass is 32.2. The molecule has 0 spiro atoms. The minimum atomic E-state index is -0.424. The number of ketones is 1. The Hall–Kier alpha value is -2.09. The molecule has 6 nitrogen and oxygen atoms in total. The van der Waals surface area contributed by atoms with Gasteiger partial charge >= 0.3 is 0 Å². The van der Waals surface area contributed by atoms with Gasteiger partial charge in [0, 0.05) is 31.7 Å². The molecular formula is C17H20FN3O3S. The molecule has 0 saturated carbocycles. The van der Waals surface area contributed by atoms with Crippen molar-refractivity contribution >= 4 is 35.0 Å². The Morgan fingerprint density at radius 2 is 1.92 bits per heavy atom. The van der Waals surface area contributed by atoms with Crippen LogP contribution in [0.2, 0.25) is 0 Å². The van der Waals surface area contributed by atoms with Crippen LogP contribution in [0.15, 0.2) is 18.2 Å². The van der Waals surface area contributed by atoms with Gasteiger partial charge in [0.25, 0.3) is 0 Å². The van der Waals surface area contributed by atoms with E-state index in [0.29, 0.717) is 49.1 Å². The molecule has 0 N–H and O–H groups in total. The number of hydrogen-bond donors (Lipinski definition) is 0. The van der Waals surface area contributed by atoms with Crippen LogP contribution in [0.3, 0.4) is 0 Å². The SMILES string of the molecule is CC(=O)c1ccc(N2CCN(C(=O)CN3CSCC3=O)CC2)c(F)c1. The topological polar surface area (TPSA) is 60.9 Å². The van der Waals surface area contributed by atoms with Crippen molar-refractivity contribution in [1.82, 2.24) is 9.80 Å². The second-order valence-corrected chi connectivity index (χ2v) is 7.11. The predicted molar refractivity (Wildman–Crippen MR) is 94.2 cm³/mol. The molecular weight excluding hydrogens is 345 g/mol. The molecule has 134 valence electrons. The van der Waals surface area contributed by atoms with Crippen LogP contribution in [0.5, 0.6) is 0 Å². The van der Waals surface area contributed by atoms with Crippen LogP contribution in [0.25, 0.3) is 0 Å². The molecule has 0 unspecified atom stereocenters. The van der Waals surface area contributed by atoms with Crippen LogP contribution in [0.1, 0.15) is 17.3 Å². The Bertz CT molecular complexity index is 704. The number of hydrogen-bond acceptors (Lipinski definition) is 5. The number of thioether (sulfide) groups is 1. The van der Waals surface area contributed by atoms with Crippen molar-refractivity contribution in [3.05, 3.63) is 29.6 Å². The molecule has 2 amide bonds. The molecule has 2 heterocycles. The summed E-state index contributed by atoms with van der Waals surface area (Å²) in [7, 11) is 0. The second kappa shape index (κ2) is 7.43. The van der Waals surface area contributed by atoms with Gasteiger partial charge in [0.1, 0.15) is 12.4 Å². The number of piperazine rings is 1. The summed E-state index contributed by atoms with van der Waals surface area (Å²) in [6, 6.07) is 4.49. The number of nitrogens with zero attached hydrogens (tertiary/aromatic N) is 3. The number of rotatable bonds is 4. The van der Waals surface area contributed by atoms with Crippen LogP contribution < -0.4 is 4.90 Å². The van der Waals surface area contributed by atoms with Crippen molar-refractivity contribution < 1.29 is 18.8 Å². The average molecular weight is 365 g/mol. The standard InChI is InChI=1S/C17H20FN3O3S/c1-12(22)13-2-3-15(14(18)8-13)19-4-6-20(7-5-19)16(23)9-21-11-25-10-17(21)24/h2-3,8H,4-7,9-11H2,1H3. The highest BCUT2D eigenvalue weighted by Crippen LogP contribution is 2.22. The summed E-state index contributed by atoms with van der Waals surface area (Å²) in [5.74, 6) is 0.352. The van der Waals surface area contributed by atoms with Gasteiger partial charge < -0.3 is 14.7 Å². The summed E-state index contributed by atoms with van der Waals surface area (Å²) in [5, 5.41) is 0. The lowest BCUT2D eigenvalue weighted by atomic mass is 10.1. The van der Waals surface area contributed by atoms with Crippen LogP contribution in [0.4, 0.5) is 10.1 Å². The molecule has 3 rings (SSSR count). The molecule has 2 aliphatic rings. The largest absolute Gasteiger partial charge is 0.366 e. The number of benzene rings is 1. The summed E-state index contributed by atoms with van der Waals surface area (Å²) < 4.78 is 14.2. The molecule has 0 atom stereocenters. The Labute approximate surface area is 149 Å². The highest BCUT2D eigenvalue weighted by Gasteiger charge is 2.28. The van der Waals surface area contributed by atoms with Crippen molar-refractivity contribution in [1.29, 1.82) is 0 Å². The van der Waals surface area contributed by atoms with E-state index in [0.717, 1.165) is 0 Å².